The summed E-state index contributed by atoms with van der Waals surface area (Å²) < 4.78 is 33.3. The fourth-order valence-corrected chi connectivity index (χ4v) is 6.35. The number of piperidine rings is 1. The number of carbonyl (C=O) groups is 1. The van der Waals surface area contributed by atoms with Gasteiger partial charge in [-0.3, -0.25) is 0 Å². The van der Waals surface area contributed by atoms with E-state index in [1.165, 1.54) is 4.31 Å². The average Bonchev–Trinajstić information content (AvgIpc) is 2.99. The van der Waals surface area contributed by atoms with Gasteiger partial charge in [0.25, 0.3) is 0 Å². The first-order valence-electron chi connectivity index (χ1n) is 13.6. The fraction of sp³-hybridized carbons (Fsp3) is 0.387. The topological polar surface area (TPSA) is 70.2 Å². The summed E-state index contributed by atoms with van der Waals surface area (Å²) in [6.45, 7) is 3.33. The van der Waals surface area contributed by atoms with Gasteiger partial charge in [-0.2, -0.15) is 0 Å². The highest BCUT2D eigenvalue weighted by Gasteiger charge is 2.28. The molecule has 40 heavy (non-hydrogen) atoms. The number of halogens is 1. The van der Waals surface area contributed by atoms with Crippen molar-refractivity contribution in [1.82, 2.24) is 14.1 Å². The SMILES string of the molecule is CN(C(=O)OCc1ccccc1)C1CCN(CCC(CN(C)S(=O)(=O)c2ccccc2)c2ccccc2)CC1.Cl. The van der Waals surface area contributed by atoms with Crippen molar-refractivity contribution in [3.63, 3.8) is 0 Å². The summed E-state index contributed by atoms with van der Waals surface area (Å²) in [5.41, 5.74) is 2.12. The van der Waals surface area contributed by atoms with Crippen LogP contribution in [0.5, 0.6) is 0 Å². The van der Waals surface area contributed by atoms with E-state index in [1.54, 1.807) is 36.2 Å². The maximum absolute atomic E-state index is 13.2. The van der Waals surface area contributed by atoms with Crippen molar-refractivity contribution in [2.75, 3.05) is 40.3 Å². The highest BCUT2D eigenvalue weighted by molar-refractivity contribution is 7.89. The van der Waals surface area contributed by atoms with E-state index >= 15 is 0 Å². The molecule has 9 heteroatoms. The van der Waals surface area contributed by atoms with Crippen molar-refractivity contribution >= 4 is 28.5 Å². The van der Waals surface area contributed by atoms with Crippen LogP contribution in [0.15, 0.2) is 95.9 Å². The molecule has 1 unspecified atom stereocenters. The number of likely N-dealkylation sites (N-methyl/N-ethyl adjacent to an activating group) is 1. The predicted octanol–water partition coefficient (Wildman–Crippen LogP) is 5.64. The molecule has 7 nitrogen and oxygen atoms in total. The number of amides is 1. The Labute approximate surface area is 245 Å². The molecule has 0 aliphatic carbocycles. The Morgan fingerprint density at radius 1 is 0.900 bits per heavy atom. The molecule has 3 aromatic carbocycles. The van der Waals surface area contributed by atoms with Crippen LogP contribution in [0.1, 0.15) is 36.3 Å². The van der Waals surface area contributed by atoms with E-state index in [0.717, 1.165) is 50.0 Å². The minimum Gasteiger partial charge on any atom is -0.445 e. The summed E-state index contributed by atoms with van der Waals surface area (Å²) in [7, 11) is -0.0777. The number of rotatable bonds is 11. The second kappa shape index (κ2) is 15.2. The summed E-state index contributed by atoms with van der Waals surface area (Å²) in [6.07, 6.45) is 2.33. The summed E-state index contributed by atoms with van der Waals surface area (Å²) in [5, 5.41) is 0. The molecule has 0 saturated carbocycles. The Balaban J connectivity index is 0.00000441. The van der Waals surface area contributed by atoms with Crippen LogP contribution in [-0.2, 0) is 21.4 Å². The molecule has 0 radical (unpaired) electrons. The fourth-order valence-electron chi connectivity index (χ4n) is 5.11. The van der Waals surface area contributed by atoms with E-state index in [2.05, 4.69) is 17.0 Å². The maximum Gasteiger partial charge on any atom is 0.410 e. The first kappa shape index (κ1) is 31.6. The third-order valence-corrected chi connectivity index (χ3v) is 9.43. The van der Waals surface area contributed by atoms with Crippen LogP contribution in [0.4, 0.5) is 4.79 Å². The van der Waals surface area contributed by atoms with Crippen molar-refractivity contribution in [2.24, 2.45) is 0 Å². The first-order chi connectivity index (χ1) is 18.8. The van der Waals surface area contributed by atoms with Crippen molar-refractivity contribution in [3.05, 3.63) is 102 Å². The lowest BCUT2D eigenvalue weighted by atomic mass is 9.94. The van der Waals surface area contributed by atoms with Crippen LogP contribution in [0.3, 0.4) is 0 Å². The molecule has 0 spiro atoms. The summed E-state index contributed by atoms with van der Waals surface area (Å²) >= 11 is 0. The first-order valence-corrected chi connectivity index (χ1v) is 15.0. The van der Waals surface area contributed by atoms with Gasteiger partial charge >= 0.3 is 6.09 Å². The van der Waals surface area contributed by atoms with E-state index in [4.69, 9.17) is 4.74 Å². The lowest BCUT2D eigenvalue weighted by Crippen LogP contribution is -2.46. The molecule has 1 fully saturated rings. The van der Waals surface area contributed by atoms with Crippen molar-refractivity contribution in [2.45, 2.75) is 42.7 Å². The number of ether oxygens (including phenoxy) is 1. The van der Waals surface area contributed by atoms with E-state index in [9.17, 15) is 13.2 Å². The largest absolute Gasteiger partial charge is 0.445 e. The number of hydrogen-bond donors (Lipinski definition) is 0. The Morgan fingerprint density at radius 2 is 1.45 bits per heavy atom. The number of sulfonamides is 1. The molecule has 1 atom stereocenters. The van der Waals surface area contributed by atoms with Crippen LogP contribution in [0.2, 0.25) is 0 Å². The van der Waals surface area contributed by atoms with Crippen molar-refractivity contribution in [3.8, 4) is 0 Å². The minimum absolute atomic E-state index is 0. The molecule has 1 heterocycles. The summed E-state index contributed by atoms with van der Waals surface area (Å²) in [4.78, 5) is 17.1. The van der Waals surface area contributed by atoms with Gasteiger partial charge in [-0.1, -0.05) is 78.9 Å². The van der Waals surface area contributed by atoms with Crippen LogP contribution in [0.25, 0.3) is 0 Å². The third kappa shape index (κ3) is 8.54. The summed E-state index contributed by atoms with van der Waals surface area (Å²) in [5.74, 6) is 0.0723. The van der Waals surface area contributed by atoms with E-state index in [0.29, 0.717) is 11.4 Å². The zero-order chi connectivity index (χ0) is 27.7. The molecule has 216 valence electrons. The molecule has 1 amide bonds. The summed E-state index contributed by atoms with van der Waals surface area (Å²) in [6, 6.07) is 28.6. The Hall–Kier alpha value is -2.91. The molecular formula is C31H40ClN3O4S. The Kier molecular flexibility index (Phi) is 12.0. The molecule has 0 aromatic heterocycles. The molecule has 1 saturated heterocycles. The number of benzene rings is 3. The van der Waals surface area contributed by atoms with Crippen LogP contribution < -0.4 is 0 Å². The molecule has 1 aliphatic rings. The molecule has 1 aliphatic heterocycles. The van der Waals surface area contributed by atoms with Gasteiger partial charge in [-0.05, 0) is 55.0 Å². The molecule has 0 bridgehead atoms. The number of likely N-dealkylation sites (tertiary alicyclic amines) is 1. The van der Waals surface area contributed by atoms with Crippen LogP contribution >= 0.6 is 12.4 Å². The van der Waals surface area contributed by atoms with Gasteiger partial charge in [0.05, 0.1) is 4.90 Å². The van der Waals surface area contributed by atoms with E-state index < -0.39 is 10.0 Å². The second-order valence-electron chi connectivity index (χ2n) is 10.2. The lowest BCUT2D eigenvalue weighted by molar-refractivity contribution is 0.0719. The van der Waals surface area contributed by atoms with Crippen molar-refractivity contribution in [1.29, 1.82) is 0 Å². The number of hydrogen-bond acceptors (Lipinski definition) is 5. The standard InChI is InChI=1S/C31H39N3O4S.ClH/c1-32(39(36,37)30-16-10-5-11-17-30)24-28(27-14-8-4-9-15-27)18-21-34-22-19-29(20-23-34)33(2)31(35)38-25-26-12-6-3-7-13-26;/h3-17,28-29H,18-25H2,1-2H3;1H. The Bertz CT molecular complexity index is 1270. The zero-order valence-corrected chi connectivity index (χ0v) is 24.9. The van der Waals surface area contributed by atoms with E-state index in [1.807, 2.05) is 61.6 Å². The Morgan fingerprint density at radius 3 is 2.05 bits per heavy atom. The minimum atomic E-state index is -3.56. The van der Waals surface area contributed by atoms with Gasteiger partial charge in [0.15, 0.2) is 0 Å². The molecule has 3 aromatic rings. The van der Waals surface area contributed by atoms with Crippen molar-refractivity contribution < 1.29 is 17.9 Å². The van der Waals surface area contributed by atoms with Gasteiger partial charge in [-0.25, -0.2) is 17.5 Å². The third-order valence-electron chi connectivity index (χ3n) is 7.59. The molecule has 4 rings (SSSR count). The smallest absolute Gasteiger partial charge is 0.410 e. The highest BCUT2D eigenvalue weighted by Crippen LogP contribution is 2.25. The quantitative estimate of drug-likeness (QED) is 0.291. The van der Waals surface area contributed by atoms with Crippen LogP contribution in [-0.4, -0.2) is 74.9 Å². The maximum atomic E-state index is 13.2. The highest BCUT2D eigenvalue weighted by atomic mass is 35.5. The average molecular weight is 586 g/mol. The second-order valence-corrected chi connectivity index (χ2v) is 12.3. The molecule has 0 N–H and O–H groups in total. The van der Waals surface area contributed by atoms with E-state index in [-0.39, 0.29) is 37.1 Å². The van der Waals surface area contributed by atoms with Gasteiger partial charge < -0.3 is 14.5 Å². The van der Waals surface area contributed by atoms with Crippen LogP contribution in [0, 0.1) is 0 Å². The number of carbonyl (C=O) groups excluding carboxylic acids is 1. The normalized spacial score (nSPS) is 15.3. The zero-order valence-electron chi connectivity index (χ0n) is 23.3. The van der Waals surface area contributed by atoms with Gasteiger partial charge in [0.2, 0.25) is 10.0 Å². The number of nitrogens with zero attached hydrogens (tertiary/aromatic N) is 3. The van der Waals surface area contributed by atoms with Gasteiger partial charge in [0.1, 0.15) is 6.61 Å². The predicted molar refractivity (Wildman–Crippen MR) is 161 cm³/mol. The van der Waals surface area contributed by atoms with Gasteiger partial charge in [0, 0.05) is 39.8 Å². The molecular weight excluding hydrogens is 546 g/mol. The van der Waals surface area contributed by atoms with Gasteiger partial charge in [-0.15, -0.1) is 12.4 Å². The monoisotopic (exact) mass is 585 g/mol. The lowest BCUT2D eigenvalue weighted by Gasteiger charge is -2.37.